The zero-order valence-electron chi connectivity index (χ0n) is 20.7. The van der Waals surface area contributed by atoms with E-state index in [0.717, 1.165) is 21.3 Å². The first-order valence-electron chi connectivity index (χ1n) is 11.5. The Morgan fingerprint density at radius 2 is 1.63 bits per heavy atom. The molecule has 1 amide bonds. The Bertz CT molecular complexity index is 1400. The number of methoxy groups -OCH3 is 1. The molecule has 1 heterocycles. The first-order chi connectivity index (χ1) is 16.6. The molecule has 188 valence electrons. The van der Waals surface area contributed by atoms with Crippen LogP contribution in [0.1, 0.15) is 48.2 Å². The van der Waals surface area contributed by atoms with Crippen molar-refractivity contribution in [3.05, 3.63) is 57.9 Å². The zero-order valence-corrected chi connectivity index (χ0v) is 22.3. The third-order valence-electron chi connectivity index (χ3n) is 5.70. The molecule has 0 aliphatic carbocycles. The SMILES string of the molecule is CCCN(CCC)S(=O)(=O)c1ccc(C(=O)N=c2sc3cc(C)c(C)cc3n2CC(=O)OC)cc1. The van der Waals surface area contributed by atoms with E-state index in [4.69, 9.17) is 4.74 Å². The lowest BCUT2D eigenvalue weighted by atomic mass is 10.1. The van der Waals surface area contributed by atoms with Crippen molar-refractivity contribution in [2.24, 2.45) is 4.99 Å². The molecule has 1 aromatic heterocycles. The van der Waals surface area contributed by atoms with Gasteiger partial charge in [-0.3, -0.25) is 9.59 Å². The lowest BCUT2D eigenvalue weighted by Crippen LogP contribution is -2.32. The van der Waals surface area contributed by atoms with Crippen LogP contribution in [0.3, 0.4) is 0 Å². The molecule has 0 atom stereocenters. The summed E-state index contributed by atoms with van der Waals surface area (Å²) in [7, 11) is -2.33. The van der Waals surface area contributed by atoms with Crippen LogP contribution in [0.5, 0.6) is 0 Å². The van der Waals surface area contributed by atoms with Crippen LogP contribution in [0.25, 0.3) is 10.2 Å². The molecule has 0 N–H and O–H groups in total. The quantitative estimate of drug-likeness (QED) is 0.399. The van der Waals surface area contributed by atoms with Crippen LogP contribution in [0.4, 0.5) is 0 Å². The molecule has 0 saturated carbocycles. The maximum atomic E-state index is 13.0. The highest BCUT2D eigenvalue weighted by atomic mass is 32.2. The average Bonchev–Trinajstić information content (AvgIpc) is 3.14. The maximum Gasteiger partial charge on any atom is 0.325 e. The molecular formula is C25H31N3O5S2. The van der Waals surface area contributed by atoms with E-state index in [9.17, 15) is 18.0 Å². The van der Waals surface area contributed by atoms with E-state index in [1.165, 1.54) is 47.0 Å². The fourth-order valence-electron chi connectivity index (χ4n) is 3.67. The average molecular weight is 518 g/mol. The number of aryl methyl sites for hydroxylation is 2. The molecule has 0 saturated heterocycles. The molecular weight excluding hydrogens is 486 g/mol. The maximum absolute atomic E-state index is 13.0. The van der Waals surface area contributed by atoms with Gasteiger partial charge < -0.3 is 9.30 Å². The highest BCUT2D eigenvalue weighted by Crippen LogP contribution is 2.22. The van der Waals surface area contributed by atoms with E-state index < -0.39 is 21.9 Å². The molecule has 3 rings (SSSR count). The number of hydrogen-bond acceptors (Lipinski definition) is 6. The minimum Gasteiger partial charge on any atom is -0.468 e. The summed E-state index contributed by atoms with van der Waals surface area (Å²) >= 11 is 1.31. The molecule has 10 heteroatoms. The van der Waals surface area contributed by atoms with Crippen LogP contribution in [-0.2, 0) is 26.1 Å². The number of carbonyl (C=O) groups excluding carboxylic acids is 2. The van der Waals surface area contributed by atoms with E-state index in [1.807, 2.05) is 39.8 Å². The largest absolute Gasteiger partial charge is 0.468 e. The zero-order chi connectivity index (χ0) is 25.8. The fraction of sp³-hybridized carbons (Fsp3) is 0.400. The number of carbonyl (C=O) groups is 2. The molecule has 0 bridgehead atoms. The molecule has 0 fully saturated rings. The highest BCUT2D eigenvalue weighted by Gasteiger charge is 2.23. The van der Waals surface area contributed by atoms with Crippen LogP contribution < -0.4 is 4.80 Å². The predicted molar refractivity (Wildman–Crippen MR) is 137 cm³/mol. The third-order valence-corrected chi connectivity index (χ3v) is 8.65. The van der Waals surface area contributed by atoms with Crippen LogP contribution in [-0.4, -0.2) is 49.4 Å². The Kier molecular flexibility index (Phi) is 8.63. The summed E-state index contributed by atoms with van der Waals surface area (Å²) < 4.78 is 34.8. The number of benzene rings is 2. The Morgan fingerprint density at radius 3 is 2.20 bits per heavy atom. The minimum absolute atomic E-state index is 0.0764. The van der Waals surface area contributed by atoms with E-state index in [2.05, 4.69) is 4.99 Å². The van der Waals surface area contributed by atoms with E-state index >= 15 is 0 Å². The van der Waals surface area contributed by atoms with Crippen molar-refractivity contribution < 1.29 is 22.7 Å². The number of amides is 1. The van der Waals surface area contributed by atoms with Crippen molar-refractivity contribution in [2.75, 3.05) is 20.2 Å². The second kappa shape index (κ2) is 11.3. The molecule has 8 nitrogen and oxygen atoms in total. The number of hydrogen-bond donors (Lipinski definition) is 0. The van der Waals surface area contributed by atoms with Gasteiger partial charge in [0, 0.05) is 18.7 Å². The van der Waals surface area contributed by atoms with E-state index in [-0.39, 0.29) is 17.0 Å². The summed E-state index contributed by atoms with van der Waals surface area (Å²) in [6, 6.07) is 9.80. The number of fused-ring (bicyclic) bond motifs is 1. The van der Waals surface area contributed by atoms with Gasteiger partial charge in [0.2, 0.25) is 10.0 Å². The molecule has 35 heavy (non-hydrogen) atoms. The van der Waals surface area contributed by atoms with Gasteiger partial charge in [0.25, 0.3) is 5.91 Å². The molecule has 0 unspecified atom stereocenters. The Morgan fingerprint density at radius 1 is 1.03 bits per heavy atom. The molecule has 0 aliphatic rings. The number of thiazole rings is 1. The van der Waals surface area contributed by atoms with Crippen LogP contribution in [0.2, 0.25) is 0 Å². The van der Waals surface area contributed by atoms with Crippen molar-refractivity contribution in [3.63, 3.8) is 0 Å². The van der Waals surface area contributed by atoms with Crippen molar-refractivity contribution in [3.8, 4) is 0 Å². The number of ether oxygens (including phenoxy) is 1. The lowest BCUT2D eigenvalue weighted by Gasteiger charge is -2.21. The van der Waals surface area contributed by atoms with Crippen molar-refractivity contribution in [2.45, 2.75) is 52.0 Å². The van der Waals surface area contributed by atoms with Gasteiger partial charge in [0.05, 0.1) is 22.2 Å². The minimum atomic E-state index is -3.64. The van der Waals surface area contributed by atoms with Crippen molar-refractivity contribution in [1.29, 1.82) is 0 Å². The summed E-state index contributed by atoms with van der Waals surface area (Å²) in [6.07, 6.45) is 1.43. The molecule has 0 aliphatic heterocycles. The van der Waals surface area contributed by atoms with Crippen molar-refractivity contribution >= 4 is 43.5 Å². The second-order valence-corrected chi connectivity index (χ2v) is 11.2. The smallest absolute Gasteiger partial charge is 0.325 e. The van der Waals surface area contributed by atoms with E-state index in [1.54, 1.807) is 4.57 Å². The number of nitrogens with zero attached hydrogens (tertiary/aromatic N) is 3. The number of rotatable bonds is 9. The lowest BCUT2D eigenvalue weighted by molar-refractivity contribution is -0.141. The number of esters is 1. The summed E-state index contributed by atoms with van der Waals surface area (Å²) in [6.45, 7) is 8.66. The predicted octanol–water partition coefficient (Wildman–Crippen LogP) is 4.04. The molecule has 3 aromatic rings. The van der Waals surface area contributed by atoms with Crippen molar-refractivity contribution in [1.82, 2.24) is 8.87 Å². The second-order valence-electron chi connectivity index (χ2n) is 8.30. The number of sulfonamides is 1. The molecule has 0 spiro atoms. The monoisotopic (exact) mass is 517 g/mol. The first-order valence-corrected chi connectivity index (χ1v) is 13.7. The standard InChI is InChI=1S/C25H31N3O5S2/c1-6-12-27(13-7-2)35(31,32)20-10-8-19(9-11-20)24(30)26-25-28(16-23(29)33-5)21-14-17(3)18(4)15-22(21)34-25/h8-11,14-15H,6-7,12-13,16H2,1-5H3. The Balaban J connectivity index is 2.00. The summed E-state index contributed by atoms with van der Waals surface area (Å²) in [4.78, 5) is 29.8. The highest BCUT2D eigenvalue weighted by molar-refractivity contribution is 7.89. The van der Waals surface area contributed by atoms with Gasteiger partial charge in [-0.25, -0.2) is 8.42 Å². The van der Waals surface area contributed by atoms with Gasteiger partial charge in [-0.15, -0.1) is 0 Å². The topological polar surface area (TPSA) is 98.0 Å². The van der Waals surface area contributed by atoms with Crippen LogP contribution in [0.15, 0.2) is 46.3 Å². The van der Waals surface area contributed by atoms with Gasteiger partial charge in [-0.2, -0.15) is 9.30 Å². The first kappa shape index (κ1) is 26.8. The number of aromatic nitrogens is 1. The Labute approximate surface area is 209 Å². The van der Waals surface area contributed by atoms with E-state index in [0.29, 0.717) is 30.7 Å². The molecule has 2 aromatic carbocycles. The van der Waals surface area contributed by atoms with Gasteiger partial charge in [-0.05, 0) is 74.2 Å². The van der Waals surface area contributed by atoms with Gasteiger partial charge in [0.15, 0.2) is 4.80 Å². The third kappa shape index (κ3) is 5.88. The Hall–Kier alpha value is -2.82. The van der Waals surface area contributed by atoms with Crippen LogP contribution >= 0.6 is 11.3 Å². The van der Waals surface area contributed by atoms with Gasteiger partial charge in [0.1, 0.15) is 6.54 Å². The molecule has 0 radical (unpaired) electrons. The van der Waals surface area contributed by atoms with Gasteiger partial charge >= 0.3 is 5.97 Å². The van der Waals surface area contributed by atoms with Crippen LogP contribution in [0, 0.1) is 13.8 Å². The van der Waals surface area contributed by atoms with Gasteiger partial charge in [-0.1, -0.05) is 25.2 Å². The summed E-state index contributed by atoms with van der Waals surface area (Å²) in [5.74, 6) is -0.971. The normalized spacial score (nSPS) is 12.5. The summed E-state index contributed by atoms with van der Waals surface area (Å²) in [5.41, 5.74) is 3.21. The fourth-order valence-corrected chi connectivity index (χ4v) is 6.41. The summed E-state index contributed by atoms with van der Waals surface area (Å²) in [5, 5.41) is 0.